The summed E-state index contributed by atoms with van der Waals surface area (Å²) in [6.07, 6.45) is 8.38. The van der Waals surface area contributed by atoms with Gasteiger partial charge >= 0.3 is 0 Å². The standard InChI is InChI=1S/C14H20N2O2S/c1-19-14(9-5-2-6-10-14)11-15-12-7-3-4-8-13(12)16(17)18/h3-4,7-8,15H,2,5-6,9-11H2,1H3. The Morgan fingerprint density at radius 2 is 2.00 bits per heavy atom. The van der Waals surface area contributed by atoms with E-state index in [0.29, 0.717) is 5.69 Å². The van der Waals surface area contributed by atoms with Crippen molar-refractivity contribution in [3.05, 3.63) is 34.4 Å². The molecule has 1 N–H and O–H groups in total. The predicted molar refractivity (Wildman–Crippen MR) is 80.9 cm³/mol. The van der Waals surface area contributed by atoms with Gasteiger partial charge in [0.1, 0.15) is 5.69 Å². The minimum atomic E-state index is -0.324. The van der Waals surface area contributed by atoms with Gasteiger partial charge in [0.2, 0.25) is 0 Å². The Labute approximate surface area is 118 Å². The summed E-state index contributed by atoms with van der Waals surface area (Å²) in [7, 11) is 0. The highest BCUT2D eigenvalue weighted by molar-refractivity contribution is 8.00. The SMILES string of the molecule is CSC1(CNc2ccccc2[N+](=O)[O-])CCCCC1. The van der Waals surface area contributed by atoms with Gasteiger partial charge < -0.3 is 5.32 Å². The van der Waals surface area contributed by atoms with Crippen molar-refractivity contribution in [1.29, 1.82) is 0 Å². The normalized spacial score (nSPS) is 17.9. The van der Waals surface area contributed by atoms with E-state index in [-0.39, 0.29) is 15.4 Å². The fourth-order valence-electron chi connectivity index (χ4n) is 2.69. The van der Waals surface area contributed by atoms with Crippen molar-refractivity contribution >= 4 is 23.1 Å². The van der Waals surface area contributed by atoms with Gasteiger partial charge in [-0.1, -0.05) is 31.4 Å². The Morgan fingerprint density at radius 1 is 1.32 bits per heavy atom. The van der Waals surface area contributed by atoms with Crippen LogP contribution in [0.5, 0.6) is 0 Å². The highest BCUT2D eigenvalue weighted by atomic mass is 32.2. The number of nitrogens with one attached hydrogen (secondary N) is 1. The second-order valence-corrected chi connectivity index (χ2v) is 6.35. The lowest BCUT2D eigenvalue weighted by Crippen LogP contribution is -2.35. The number of benzene rings is 1. The van der Waals surface area contributed by atoms with Gasteiger partial charge in [0.15, 0.2) is 0 Å². The third kappa shape index (κ3) is 3.41. The average molecular weight is 280 g/mol. The third-order valence-corrected chi connectivity index (χ3v) is 5.32. The van der Waals surface area contributed by atoms with E-state index in [1.165, 1.54) is 32.1 Å². The van der Waals surface area contributed by atoms with Gasteiger partial charge in [-0.05, 0) is 25.2 Å². The molecule has 0 aliphatic heterocycles. The van der Waals surface area contributed by atoms with Crippen LogP contribution in [0.1, 0.15) is 32.1 Å². The molecule has 0 aromatic heterocycles. The summed E-state index contributed by atoms with van der Waals surface area (Å²) >= 11 is 1.89. The molecule has 5 heteroatoms. The zero-order valence-electron chi connectivity index (χ0n) is 11.2. The summed E-state index contributed by atoms with van der Waals surface area (Å²) in [6, 6.07) is 6.88. The summed E-state index contributed by atoms with van der Waals surface area (Å²) in [5, 5.41) is 14.3. The van der Waals surface area contributed by atoms with Crippen molar-refractivity contribution < 1.29 is 4.92 Å². The van der Waals surface area contributed by atoms with Crippen LogP contribution >= 0.6 is 11.8 Å². The van der Waals surface area contributed by atoms with Crippen molar-refractivity contribution in [3.8, 4) is 0 Å². The Hall–Kier alpha value is -1.23. The number of hydrogen-bond acceptors (Lipinski definition) is 4. The van der Waals surface area contributed by atoms with E-state index >= 15 is 0 Å². The largest absolute Gasteiger partial charge is 0.378 e. The first-order chi connectivity index (χ1) is 9.17. The summed E-state index contributed by atoms with van der Waals surface area (Å²) in [4.78, 5) is 10.7. The van der Waals surface area contributed by atoms with Crippen LogP contribution in [0.4, 0.5) is 11.4 Å². The van der Waals surface area contributed by atoms with Gasteiger partial charge in [0.05, 0.1) is 4.92 Å². The van der Waals surface area contributed by atoms with E-state index in [1.807, 2.05) is 17.8 Å². The van der Waals surface area contributed by atoms with Crippen LogP contribution in [-0.4, -0.2) is 22.5 Å². The molecule has 4 nitrogen and oxygen atoms in total. The number of anilines is 1. The Kier molecular flexibility index (Phi) is 4.69. The van der Waals surface area contributed by atoms with E-state index in [1.54, 1.807) is 18.2 Å². The third-order valence-electron chi connectivity index (χ3n) is 3.90. The molecule has 104 valence electrons. The fraction of sp³-hybridized carbons (Fsp3) is 0.571. The molecule has 0 amide bonds. The second-order valence-electron chi connectivity index (χ2n) is 5.08. The molecule has 1 aliphatic carbocycles. The fourth-order valence-corrected chi connectivity index (χ4v) is 3.60. The molecule has 1 aliphatic rings. The minimum absolute atomic E-state index is 0.162. The molecule has 1 saturated carbocycles. The topological polar surface area (TPSA) is 55.2 Å². The first-order valence-corrected chi connectivity index (χ1v) is 7.92. The monoisotopic (exact) mass is 280 g/mol. The molecule has 19 heavy (non-hydrogen) atoms. The van der Waals surface area contributed by atoms with Gasteiger partial charge in [-0.25, -0.2) is 0 Å². The van der Waals surface area contributed by atoms with Gasteiger partial charge in [-0.3, -0.25) is 10.1 Å². The number of nitrogens with zero attached hydrogens (tertiary/aromatic N) is 1. The first kappa shape index (κ1) is 14.2. The van der Waals surface area contributed by atoms with Crippen molar-refractivity contribution in [3.63, 3.8) is 0 Å². The summed E-state index contributed by atoms with van der Waals surface area (Å²) in [5.41, 5.74) is 0.793. The molecule has 0 saturated heterocycles. The second kappa shape index (κ2) is 6.28. The summed E-state index contributed by atoms with van der Waals surface area (Å²) < 4.78 is 0.238. The number of rotatable bonds is 5. The molecule has 0 atom stereocenters. The van der Waals surface area contributed by atoms with E-state index in [0.717, 1.165) is 6.54 Å². The molecule has 0 bridgehead atoms. The van der Waals surface area contributed by atoms with Crippen molar-refractivity contribution in [2.45, 2.75) is 36.9 Å². The van der Waals surface area contributed by atoms with Gasteiger partial charge in [-0.2, -0.15) is 11.8 Å². The maximum absolute atomic E-state index is 11.0. The van der Waals surface area contributed by atoms with Crippen LogP contribution in [0, 0.1) is 10.1 Å². The molecule has 1 aromatic carbocycles. The van der Waals surface area contributed by atoms with Gasteiger partial charge in [0, 0.05) is 17.4 Å². The number of nitro groups is 1. The average Bonchev–Trinajstić information content (AvgIpc) is 2.46. The molecular weight excluding hydrogens is 260 g/mol. The minimum Gasteiger partial charge on any atom is -0.378 e. The van der Waals surface area contributed by atoms with Crippen molar-refractivity contribution in [1.82, 2.24) is 0 Å². The summed E-state index contributed by atoms with van der Waals surface area (Å²) in [6.45, 7) is 0.805. The number of thioether (sulfide) groups is 1. The molecule has 1 fully saturated rings. The Balaban J connectivity index is 2.07. The van der Waals surface area contributed by atoms with Crippen LogP contribution in [0.25, 0.3) is 0 Å². The molecule has 0 radical (unpaired) electrons. The van der Waals surface area contributed by atoms with E-state index < -0.39 is 0 Å². The van der Waals surface area contributed by atoms with E-state index in [2.05, 4.69) is 11.6 Å². The molecular formula is C14H20N2O2S. The number of nitro benzene ring substituents is 1. The first-order valence-electron chi connectivity index (χ1n) is 6.69. The maximum atomic E-state index is 11.0. The van der Waals surface area contributed by atoms with Crippen LogP contribution < -0.4 is 5.32 Å². The lowest BCUT2D eigenvalue weighted by Gasteiger charge is -2.36. The van der Waals surface area contributed by atoms with Crippen LogP contribution in [0.2, 0.25) is 0 Å². The van der Waals surface area contributed by atoms with Crippen molar-refractivity contribution in [2.75, 3.05) is 18.1 Å². The van der Waals surface area contributed by atoms with Crippen molar-refractivity contribution in [2.24, 2.45) is 0 Å². The number of para-hydroxylation sites is 2. The highest BCUT2D eigenvalue weighted by Gasteiger charge is 2.31. The lowest BCUT2D eigenvalue weighted by molar-refractivity contribution is -0.384. The lowest BCUT2D eigenvalue weighted by atomic mass is 9.88. The predicted octanol–water partition coefficient (Wildman–Crippen LogP) is 4.07. The molecule has 0 unspecified atom stereocenters. The summed E-state index contributed by atoms with van der Waals surface area (Å²) in [5.74, 6) is 0. The highest BCUT2D eigenvalue weighted by Crippen LogP contribution is 2.39. The van der Waals surface area contributed by atoms with Crippen LogP contribution in [0.3, 0.4) is 0 Å². The van der Waals surface area contributed by atoms with Gasteiger partial charge in [-0.15, -0.1) is 0 Å². The van der Waals surface area contributed by atoms with E-state index in [4.69, 9.17) is 0 Å². The molecule has 0 spiro atoms. The molecule has 2 rings (SSSR count). The van der Waals surface area contributed by atoms with Crippen LogP contribution in [-0.2, 0) is 0 Å². The maximum Gasteiger partial charge on any atom is 0.292 e. The quantitative estimate of drug-likeness (QED) is 0.652. The smallest absolute Gasteiger partial charge is 0.292 e. The zero-order valence-corrected chi connectivity index (χ0v) is 12.0. The van der Waals surface area contributed by atoms with Crippen LogP contribution in [0.15, 0.2) is 24.3 Å². The molecule has 0 heterocycles. The van der Waals surface area contributed by atoms with Gasteiger partial charge in [0.25, 0.3) is 5.69 Å². The zero-order chi connectivity index (χ0) is 13.7. The molecule has 1 aromatic rings. The number of hydrogen-bond donors (Lipinski definition) is 1. The Bertz CT molecular complexity index is 445. The Morgan fingerprint density at radius 3 is 2.63 bits per heavy atom. The van der Waals surface area contributed by atoms with E-state index in [9.17, 15) is 10.1 Å².